The van der Waals surface area contributed by atoms with Crippen LogP contribution in [0, 0.1) is 0 Å². The SMILES string of the molecule is COc1cccc2c1OCCCN(CC1(O)CCCN(C(=O)c3cnccn3)C1)C2. The number of aliphatic hydroxyl groups is 1. The Labute approximate surface area is 176 Å². The standard InChI is InChI=1S/C22H28N4O4/c1-29-19-6-2-5-17-14-25(10-4-12-30-20(17)19)15-22(28)7-3-11-26(16-22)21(27)18-13-23-8-9-24-18/h2,5-6,8-9,13,28H,3-4,7,10-12,14-16H2,1H3. The van der Waals surface area contributed by atoms with Crippen LogP contribution in [0.4, 0.5) is 0 Å². The molecule has 0 saturated carbocycles. The van der Waals surface area contributed by atoms with Crippen molar-refractivity contribution in [1.29, 1.82) is 0 Å². The molecule has 2 aliphatic heterocycles. The summed E-state index contributed by atoms with van der Waals surface area (Å²) in [6, 6.07) is 5.89. The molecule has 4 rings (SSSR count). The van der Waals surface area contributed by atoms with Gasteiger partial charge in [0.1, 0.15) is 5.69 Å². The number of methoxy groups -OCH3 is 1. The van der Waals surface area contributed by atoms with Gasteiger partial charge in [-0.3, -0.25) is 14.7 Å². The van der Waals surface area contributed by atoms with Gasteiger partial charge < -0.3 is 19.5 Å². The molecule has 8 heteroatoms. The third-order valence-corrected chi connectivity index (χ3v) is 5.68. The van der Waals surface area contributed by atoms with E-state index in [1.165, 1.54) is 12.4 Å². The van der Waals surface area contributed by atoms with E-state index in [9.17, 15) is 9.90 Å². The van der Waals surface area contributed by atoms with E-state index in [4.69, 9.17) is 9.47 Å². The minimum absolute atomic E-state index is 0.183. The second-order valence-electron chi connectivity index (χ2n) is 8.01. The van der Waals surface area contributed by atoms with E-state index in [0.29, 0.717) is 44.9 Å². The van der Waals surface area contributed by atoms with E-state index in [-0.39, 0.29) is 5.91 Å². The molecule has 0 aliphatic carbocycles. The number of ether oxygens (including phenoxy) is 2. The fourth-order valence-electron chi connectivity index (χ4n) is 4.33. The largest absolute Gasteiger partial charge is 0.493 e. The van der Waals surface area contributed by atoms with E-state index in [1.807, 2.05) is 18.2 Å². The first kappa shape index (κ1) is 20.6. The zero-order valence-electron chi connectivity index (χ0n) is 17.3. The van der Waals surface area contributed by atoms with Crippen molar-refractivity contribution in [3.8, 4) is 11.5 Å². The van der Waals surface area contributed by atoms with E-state index >= 15 is 0 Å². The monoisotopic (exact) mass is 412 g/mol. The van der Waals surface area contributed by atoms with Crippen LogP contribution in [0.2, 0.25) is 0 Å². The molecule has 0 spiro atoms. The number of hydrogen-bond donors (Lipinski definition) is 1. The summed E-state index contributed by atoms with van der Waals surface area (Å²) in [6.45, 7) is 3.48. The zero-order valence-corrected chi connectivity index (χ0v) is 17.3. The average molecular weight is 412 g/mol. The molecule has 2 aromatic rings. The van der Waals surface area contributed by atoms with Crippen molar-refractivity contribution in [2.24, 2.45) is 0 Å². The van der Waals surface area contributed by atoms with E-state index in [1.54, 1.807) is 18.2 Å². The lowest BCUT2D eigenvalue weighted by Gasteiger charge is -2.42. The van der Waals surface area contributed by atoms with Crippen molar-refractivity contribution < 1.29 is 19.4 Å². The molecule has 2 aliphatic rings. The summed E-state index contributed by atoms with van der Waals surface area (Å²) >= 11 is 0. The fourth-order valence-corrected chi connectivity index (χ4v) is 4.33. The molecule has 30 heavy (non-hydrogen) atoms. The highest BCUT2D eigenvalue weighted by atomic mass is 16.5. The number of para-hydroxylation sites is 1. The molecular weight excluding hydrogens is 384 g/mol. The first-order valence-corrected chi connectivity index (χ1v) is 10.4. The molecule has 3 heterocycles. The van der Waals surface area contributed by atoms with Crippen LogP contribution >= 0.6 is 0 Å². The maximum Gasteiger partial charge on any atom is 0.274 e. The highest BCUT2D eigenvalue weighted by Gasteiger charge is 2.37. The molecule has 0 radical (unpaired) electrons. The van der Waals surface area contributed by atoms with Crippen molar-refractivity contribution in [2.45, 2.75) is 31.4 Å². The second kappa shape index (κ2) is 8.97. The third kappa shape index (κ3) is 4.55. The minimum atomic E-state index is -0.963. The molecule has 1 saturated heterocycles. The number of benzene rings is 1. The molecule has 0 bridgehead atoms. The topological polar surface area (TPSA) is 88.0 Å². The number of aromatic nitrogens is 2. The van der Waals surface area contributed by atoms with Gasteiger partial charge in [-0.25, -0.2) is 4.98 Å². The Morgan fingerprint density at radius 2 is 2.20 bits per heavy atom. The lowest BCUT2D eigenvalue weighted by atomic mass is 9.91. The van der Waals surface area contributed by atoms with Crippen molar-refractivity contribution in [2.75, 3.05) is 39.9 Å². The van der Waals surface area contributed by atoms with Crippen molar-refractivity contribution >= 4 is 5.91 Å². The molecule has 8 nitrogen and oxygen atoms in total. The van der Waals surface area contributed by atoms with Crippen LogP contribution in [-0.2, 0) is 6.54 Å². The second-order valence-corrected chi connectivity index (χ2v) is 8.01. The summed E-state index contributed by atoms with van der Waals surface area (Å²) in [5, 5.41) is 11.4. The number of hydrogen-bond acceptors (Lipinski definition) is 7. The lowest BCUT2D eigenvalue weighted by molar-refractivity contribution is -0.0495. The number of carbonyl (C=O) groups is 1. The van der Waals surface area contributed by atoms with Crippen molar-refractivity contribution in [1.82, 2.24) is 19.8 Å². The summed E-state index contributed by atoms with van der Waals surface area (Å²) in [5.74, 6) is 1.32. The quantitative estimate of drug-likeness (QED) is 0.818. The number of likely N-dealkylation sites (tertiary alicyclic amines) is 1. The summed E-state index contributed by atoms with van der Waals surface area (Å²) in [6.07, 6.45) is 6.80. The predicted molar refractivity (Wildman–Crippen MR) is 111 cm³/mol. The van der Waals surface area contributed by atoms with Gasteiger partial charge in [0.2, 0.25) is 0 Å². The Bertz CT molecular complexity index is 879. The number of rotatable bonds is 4. The van der Waals surface area contributed by atoms with E-state index in [2.05, 4.69) is 14.9 Å². The van der Waals surface area contributed by atoms with Crippen molar-refractivity contribution in [3.63, 3.8) is 0 Å². The van der Waals surface area contributed by atoms with Gasteiger partial charge in [0.15, 0.2) is 11.5 Å². The molecule has 1 aromatic carbocycles. The van der Waals surface area contributed by atoms with Gasteiger partial charge >= 0.3 is 0 Å². The highest BCUT2D eigenvalue weighted by molar-refractivity contribution is 5.92. The lowest BCUT2D eigenvalue weighted by Crippen LogP contribution is -2.55. The van der Waals surface area contributed by atoms with Gasteiger partial charge in [-0.1, -0.05) is 12.1 Å². The molecule has 1 atom stereocenters. The number of piperidine rings is 1. The molecule has 1 amide bonds. The fraction of sp³-hybridized carbons (Fsp3) is 0.500. The van der Waals surface area contributed by atoms with Gasteiger partial charge in [-0.05, 0) is 25.3 Å². The van der Waals surface area contributed by atoms with Gasteiger partial charge in [-0.2, -0.15) is 0 Å². The Kier molecular flexibility index (Phi) is 6.15. The maximum atomic E-state index is 12.8. The van der Waals surface area contributed by atoms with Crippen LogP contribution in [0.5, 0.6) is 11.5 Å². The summed E-state index contributed by atoms with van der Waals surface area (Å²) in [7, 11) is 1.64. The Morgan fingerprint density at radius 3 is 3.00 bits per heavy atom. The molecule has 1 N–H and O–H groups in total. The number of β-amino-alcohol motifs (C(OH)–C–C–N with tert-alkyl or cyclic N) is 1. The Hall–Kier alpha value is -2.71. The number of carbonyl (C=O) groups excluding carboxylic acids is 1. The third-order valence-electron chi connectivity index (χ3n) is 5.68. The zero-order chi connectivity index (χ0) is 21.0. The summed E-state index contributed by atoms with van der Waals surface area (Å²) in [5.41, 5.74) is 0.391. The summed E-state index contributed by atoms with van der Waals surface area (Å²) < 4.78 is 11.4. The normalized spacial score (nSPS) is 22.4. The van der Waals surface area contributed by atoms with Gasteiger partial charge in [0, 0.05) is 44.1 Å². The Balaban J connectivity index is 1.47. The van der Waals surface area contributed by atoms with Crippen LogP contribution in [-0.4, -0.2) is 76.3 Å². The highest BCUT2D eigenvalue weighted by Crippen LogP contribution is 2.34. The first-order chi connectivity index (χ1) is 14.6. The van der Waals surface area contributed by atoms with Crippen LogP contribution in [0.3, 0.4) is 0 Å². The number of nitrogens with zero attached hydrogens (tertiary/aromatic N) is 4. The predicted octanol–water partition coefficient (Wildman–Crippen LogP) is 1.74. The van der Waals surface area contributed by atoms with E-state index in [0.717, 1.165) is 36.4 Å². The smallest absolute Gasteiger partial charge is 0.274 e. The van der Waals surface area contributed by atoms with Crippen LogP contribution in [0.15, 0.2) is 36.8 Å². The molecule has 1 aromatic heterocycles. The molecular formula is C22H28N4O4. The molecule has 160 valence electrons. The van der Waals surface area contributed by atoms with Crippen molar-refractivity contribution in [3.05, 3.63) is 48.0 Å². The Morgan fingerprint density at radius 1 is 1.30 bits per heavy atom. The molecule has 1 unspecified atom stereocenters. The molecule has 1 fully saturated rings. The van der Waals surface area contributed by atoms with Crippen LogP contribution in [0.1, 0.15) is 35.3 Å². The van der Waals surface area contributed by atoms with Crippen LogP contribution in [0.25, 0.3) is 0 Å². The van der Waals surface area contributed by atoms with E-state index < -0.39 is 5.60 Å². The first-order valence-electron chi connectivity index (χ1n) is 10.4. The number of amides is 1. The number of fused-ring (bicyclic) bond motifs is 1. The van der Waals surface area contributed by atoms with Crippen LogP contribution < -0.4 is 9.47 Å². The van der Waals surface area contributed by atoms with Gasteiger partial charge in [0.25, 0.3) is 5.91 Å². The van der Waals surface area contributed by atoms with Gasteiger partial charge in [0.05, 0.1) is 32.1 Å². The minimum Gasteiger partial charge on any atom is -0.493 e. The average Bonchev–Trinajstić information content (AvgIpc) is 2.75. The summed E-state index contributed by atoms with van der Waals surface area (Å²) in [4.78, 5) is 24.8. The van der Waals surface area contributed by atoms with Gasteiger partial charge in [-0.15, -0.1) is 0 Å². The maximum absolute atomic E-state index is 12.8.